The summed E-state index contributed by atoms with van der Waals surface area (Å²) in [5.41, 5.74) is 0. The molecule has 1 aliphatic heterocycles. The van der Waals surface area contributed by atoms with Crippen LogP contribution in [0.25, 0.3) is 0 Å². The van der Waals surface area contributed by atoms with E-state index in [-0.39, 0.29) is 18.6 Å². The lowest BCUT2D eigenvalue weighted by atomic mass is 10.1. The average molecular weight is 360 g/mol. The first-order valence-electron chi connectivity index (χ1n) is 8.40. The van der Waals surface area contributed by atoms with E-state index >= 15 is 0 Å². The monoisotopic (exact) mass is 360 g/mol. The van der Waals surface area contributed by atoms with E-state index in [0.717, 1.165) is 18.6 Å². The maximum atomic E-state index is 12.4. The number of esters is 1. The van der Waals surface area contributed by atoms with Gasteiger partial charge in [-0.25, -0.2) is 4.79 Å². The van der Waals surface area contributed by atoms with Crippen LogP contribution in [-0.4, -0.2) is 60.7 Å². The molecule has 0 spiro atoms. The molecule has 3 atom stereocenters. The third-order valence-corrected chi connectivity index (χ3v) is 4.49. The molecule has 138 valence electrons. The van der Waals surface area contributed by atoms with E-state index in [0.29, 0.717) is 6.42 Å². The molecule has 0 saturated carbocycles. The minimum Gasteiger partial charge on any atom is -0.464 e. The van der Waals surface area contributed by atoms with Crippen molar-refractivity contribution in [1.29, 1.82) is 0 Å². The first kappa shape index (κ1) is 20.8. The van der Waals surface area contributed by atoms with Crippen molar-refractivity contribution in [1.82, 2.24) is 10.6 Å². The lowest BCUT2D eigenvalue weighted by Crippen LogP contribution is -2.51. The van der Waals surface area contributed by atoms with Crippen molar-refractivity contribution in [3.63, 3.8) is 0 Å². The number of carbonyl (C=O) groups excluding carboxylic acids is 3. The fourth-order valence-corrected chi connectivity index (χ4v) is 2.74. The summed E-state index contributed by atoms with van der Waals surface area (Å²) >= 11 is 1.60. The van der Waals surface area contributed by atoms with Gasteiger partial charge in [0.15, 0.2) is 12.2 Å². The van der Waals surface area contributed by atoms with Crippen molar-refractivity contribution in [2.45, 2.75) is 64.3 Å². The minimum atomic E-state index is -0.859. The molecule has 7 nitrogen and oxygen atoms in total. The molecule has 1 rings (SSSR count). The number of rotatable bonds is 11. The van der Waals surface area contributed by atoms with Crippen LogP contribution < -0.4 is 10.6 Å². The van der Waals surface area contributed by atoms with Gasteiger partial charge in [0.05, 0.1) is 6.61 Å². The zero-order valence-electron chi connectivity index (χ0n) is 14.8. The van der Waals surface area contributed by atoms with Crippen LogP contribution in [0.5, 0.6) is 0 Å². The Morgan fingerprint density at radius 1 is 1.12 bits per heavy atom. The molecule has 24 heavy (non-hydrogen) atoms. The zero-order valence-corrected chi connectivity index (χ0v) is 15.6. The molecule has 1 heterocycles. The van der Waals surface area contributed by atoms with Crippen molar-refractivity contribution in [2.75, 3.05) is 18.6 Å². The molecule has 0 bridgehead atoms. The highest BCUT2D eigenvalue weighted by molar-refractivity contribution is 7.98. The van der Waals surface area contributed by atoms with Gasteiger partial charge in [-0.2, -0.15) is 11.8 Å². The lowest BCUT2D eigenvalue weighted by Gasteiger charge is -2.21. The predicted molar refractivity (Wildman–Crippen MR) is 92.7 cm³/mol. The first-order chi connectivity index (χ1) is 11.5. The highest BCUT2D eigenvalue weighted by atomic mass is 32.2. The number of carbonyl (C=O) groups is 3. The van der Waals surface area contributed by atoms with Gasteiger partial charge in [0.2, 0.25) is 5.91 Å². The van der Waals surface area contributed by atoms with Crippen molar-refractivity contribution >= 4 is 29.5 Å². The highest BCUT2D eigenvalue weighted by Gasteiger charge is 2.52. The Bertz CT molecular complexity index is 442. The van der Waals surface area contributed by atoms with E-state index < -0.39 is 30.1 Å². The minimum absolute atomic E-state index is 0.0932. The standard InChI is InChI=1S/C16H28N2O5S/c1-5-10(6-2)17-14(19)11(8-9-24-4)18-15(20)12-13(23-12)16(21)22-7-3/h10-13H,5-9H2,1-4H3,(H,17,19)(H,18,20)/t11-,12-,13-/m0/s1. The number of hydrogen-bond donors (Lipinski definition) is 2. The van der Waals surface area contributed by atoms with Gasteiger partial charge in [-0.3, -0.25) is 9.59 Å². The molecule has 0 aromatic heterocycles. The third kappa shape index (κ3) is 6.32. The van der Waals surface area contributed by atoms with Crippen molar-refractivity contribution in [3.8, 4) is 0 Å². The Kier molecular flexibility index (Phi) is 9.13. The summed E-state index contributed by atoms with van der Waals surface area (Å²) in [5, 5.41) is 5.65. The van der Waals surface area contributed by atoms with Crippen molar-refractivity contribution < 1.29 is 23.9 Å². The number of thioether (sulfide) groups is 1. The average Bonchev–Trinajstić information content (AvgIpc) is 3.37. The SMILES string of the molecule is CCOC(=O)[C@H]1O[C@@H]1C(=O)N[C@@H](CCSC)C(=O)NC(CC)CC. The number of epoxide rings is 1. The van der Waals surface area contributed by atoms with Crippen LogP contribution in [0.2, 0.25) is 0 Å². The molecule has 0 aliphatic carbocycles. The van der Waals surface area contributed by atoms with Gasteiger partial charge in [-0.15, -0.1) is 0 Å². The van der Waals surface area contributed by atoms with E-state index in [4.69, 9.17) is 9.47 Å². The first-order valence-corrected chi connectivity index (χ1v) is 9.79. The van der Waals surface area contributed by atoms with Gasteiger partial charge in [0.25, 0.3) is 5.91 Å². The summed E-state index contributed by atoms with van der Waals surface area (Å²) in [5.74, 6) is -0.438. The van der Waals surface area contributed by atoms with Gasteiger partial charge in [-0.05, 0) is 38.2 Å². The molecule has 8 heteroatoms. The van der Waals surface area contributed by atoms with Gasteiger partial charge in [0.1, 0.15) is 6.04 Å². The van der Waals surface area contributed by atoms with E-state index in [1.807, 2.05) is 20.1 Å². The Balaban J connectivity index is 2.57. The van der Waals surface area contributed by atoms with Crippen LogP contribution in [0.15, 0.2) is 0 Å². The van der Waals surface area contributed by atoms with Crippen LogP contribution in [0.3, 0.4) is 0 Å². The Morgan fingerprint density at radius 3 is 2.33 bits per heavy atom. The van der Waals surface area contributed by atoms with Gasteiger partial charge in [-0.1, -0.05) is 13.8 Å². The van der Waals surface area contributed by atoms with Crippen LogP contribution in [0.1, 0.15) is 40.0 Å². The van der Waals surface area contributed by atoms with Crippen LogP contribution in [-0.2, 0) is 23.9 Å². The Labute approximate surface area is 147 Å². The molecular weight excluding hydrogens is 332 g/mol. The van der Waals surface area contributed by atoms with E-state index in [2.05, 4.69) is 10.6 Å². The molecule has 0 aromatic carbocycles. The molecular formula is C16H28N2O5S. The molecule has 1 saturated heterocycles. The number of hydrogen-bond acceptors (Lipinski definition) is 6. The summed E-state index contributed by atoms with van der Waals surface area (Å²) in [6.45, 7) is 5.94. The molecule has 1 fully saturated rings. The topological polar surface area (TPSA) is 97.0 Å². The normalized spacial score (nSPS) is 20.4. The van der Waals surface area contributed by atoms with E-state index in [1.54, 1.807) is 18.7 Å². The zero-order chi connectivity index (χ0) is 18.1. The largest absolute Gasteiger partial charge is 0.464 e. The van der Waals surface area contributed by atoms with Gasteiger partial charge >= 0.3 is 5.97 Å². The van der Waals surface area contributed by atoms with E-state index in [1.165, 1.54) is 0 Å². The van der Waals surface area contributed by atoms with Crippen LogP contribution in [0.4, 0.5) is 0 Å². The summed E-state index contributed by atoms with van der Waals surface area (Å²) in [6, 6.07) is -0.534. The molecule has 1 aliphatic rings. The van der Waals surface area contributed by atoms with Crippen molar-refractivity contribution in [2.24, 2.45) is 0 Å². The Hall–Kier alpha value is -1.28. The van der Waals surface area contributed by atoms with E-state index in [9.17, 15) is 14.4 Å². The van der Waals surface area contributed by atoms with Crippen molar-refractivity contribution in [3.05, 3.63) is 0 Å². The molecule has 2 N–H and O–H groups in total. The fourth-order valence-electron chi connectivity index (χ4n) is 2.27. The molecule has 0 unspecified atom stereocenters. The predicted octanol–water partition coefficient (Wildman–Crippen LogP) is 0.860. The molecule has 2 amide bonds. The van der Waals surface area contributed by atoms with Gasteiger partial charge < -0.3 is 20.1 Å². The second-order valence-corrected chi connectivity index (χ2v) is 6.58. The quantitative estimate of drug-likeness (QED) is 0.419. The fraction of sp³-hybridized carbons (Fsp3) is 0.812. The second kappa shape index (κ2) is 10.6. The smallest absolute Gasteiger partial charge is 0.338 e. The number of ether oxygens (including phenoxy) is 2. The Morgan fingerprint density at radius 2 is 1.79 bits per heavy atom. The van der Waals surface area contributed by atoms with Gasteiger partial charge in [0, 0.05) is 6.04 Å². The maximum Gasteiger partial charge on any atom is 0.338 e. The molecule has 0 aromatic rings. The lowest BCUT2D eigenvalue weighted by molar-refractivity contribution is -0.144. The van der Waals surface area contributed by atoms with Crippen LogP contribution in [0, 0.1) is 0 Å². The summed E-state index contributed by atoms with van der Waals surface area (Å²) in [6.07, 6.45) is 2.42. The number of amides is 2. The maximum absolute atomic E-state index is 12.4. The summed E-state index contributed by atoms with van der Waals surface area (Å²) < 4.78 is 9.90. The summed E-state index contributed by atoms with van der Waals surface area (Å²) in [7, 11) is 0. The third-order valence-electron chi connectivity index (χ3n) is 3.84. The highest BCUT2D eigenvalue weighted by Crippen LogP contribution is 2.24. The number of nitrogens with one attached hydrogen (secondary N) is 2. The second-order valence-electron chi connectivity index (χ2n) is 5.59. The molecule has 0 radical (unpaired) electrons. The van der Waals surface area contributed by atoms with Crippen LogP contribution >= 0.6 is 11.8 Å². The summed E-state index contributed by atoms with van der Waals surface area (Å²) in [4.78, 5) is 36.1.